The minimum Gasteiger partial charge on any atom is -0.497 e. The van der Waals surface area contributed by atoms with Gasteiger partial charge in [-0.3, -0.25) is 10.0 Å². The van der Waals surface area contributed by atoms with E-state index in [9.17, 15) is 13.2 Å². The number of carbonyl (C=O) groups excluding carboxylic acids is 1. The summed E-state index contributed by atoms with van der Waals surface area (Å²) in [7, 11) is -2.27. The fourth-order valence-electron chi connectivity index (χ4n) is 4.08. The summed E-state index contributed by atoms with van der Waals surface area (Å²) in [6.45, 7) is 0. The number of sulfone groups is 1. The Kier molecular flexibility index (Phi) is 6.05. The van der Waals surface area contributed by atoms with Gasteiger partial charge < -0.3 is 4.74 Å². The molecule has 0 heterocycles. The molecule has 1 saturated carbocycles. The molecule has 2 N–H and O–H groups in total. The molecule has 7 heteroatoms. The molecule has 1 aliphatic rings. The molecule has 0 saturated heterocycles. The molecule has 2 aromatic carbocycles. The van der Waals surface area contributed by atoms with Crippen LogP contribution in [0.4, 0.5) is 0 Å². The first-order chi connectivity index (χ1) is 13.4. The zero-order valence-corrected chi connectivity index (χ0v) is 16.6. The third-order valence-electron chi connectivity index (χ3n) is 5.72. The lowest BCUT2D eigenvalue weighted by Crippen LogP contribution is -2.45. The summed E-state index contributed by atoms with van der Waals surface area (Å²) in [6.07, 6.45) is 1.78. The highest BCUT2D eigenvalue weighted by Gasteiger charge is 2.48. The van der Waals surface area contributed by atoms with E-state index in [1.807, 2.05) is 18.2 Å². The van der Waals surface area contributed by atoms with Crippen LogP contribution in [-0.4, -0.2) is 31.4 Å². The summed E-state index contributed by atoms with van der Waals surface area (Å²) in [5.41, 5.74) is 2.78. The number of hydroxylamine groups is 1. The van der Waals surface area contributed by atoms with E-state index in [0.29, 0.717) is 31.4 Å². The molecule has 6 nitrogen and oxygen atoms in total. The number of hydrogen-bond acceptors (Lipinski definition) is 5. The predicted octanol–water partition coefficient (Wildman–Crippen LogP) is 3.46. The van der Waals surface area contributed by atoms with Gasteiger partial charge in [0.05, 0.1) is 16.8 Å². The van der Waals surface area contributed by atoms with Crippen LogP contribution in [0.1, 0.15) is 43.6 Å². The van der Waals surface area contributed by atoms with Crippen molar-refractivity contribution in [3.8, 4) is 5.75 Å². The Hall–Kier alpha value is -2.38. The molecule has 2 aromatic rings. The monoisotopic (exact) mass is 403 g/mol. The molecule has 1 fully saturated rings. The SMILES string of the molecule is COc1ccc(S(=O)(=O)C2(CC(=O)NO)CCC(c3ccccc3)CC2)cc1. The molecule has 28 heavy (non-hydrogen) atoms. The van der Waals surface area contributed by atoms with Crippen molar-refractivity contribution in [2.24, 2.45) is 0 Å². The van der Waals surface area contributed by atoms with E-state index in [0.717, 1.165) is 0 Å². The van der Waals surface area contributed by atoms with Gasteiger partial charge in [0, 0.05) is 6.42 Å². The van der Waals surface area contributed by atoms with Crippen LogP contribution < -0.4 is 10.2 Å². The largest absolute Gasteiger partial charge is 0.497 e. The number of nitrogens with one attached hydrogen (secondary N) is 1. The Morgan fingerprint density at radius 3 is 2.25 bits per heavy atom. The average Bonchev–Trinajstić information content (AvgIpc) is 2.74. The second kappa shape index (κ2) is 8.32. The van der Waals surface area contributed by atoms with Crippen molar-refractivity contribution in [3.63, 3.8) is 0 Å². The van der Waals surface area contributed by atoms with Gasteiger partial charge in [-0.25, -0.2) is 13.9 Å². The van der Waals surface area contributed by atoms with Crippen LogP contribution in [0.2, 0.25) is 0 Å². The van der Waals surface area contributed by atoms with E-state index < -0.39 is 20.5 Å². The third-order valence-corrected chi connectivity index (χ3v) is 8.30. The van der Waals surface area contributed by atoms with E-state index in [1.165, 1.54) is 24.8 Å². The Balaban J connectivity index is 1.91. The molecule has 1 amide bonds. The second-order valence-corrected chi connectivity index (χ2v) is 9.60. The van der Waals surface area contributed by atoms with Gasteiger partial charge in [0.15, 0.2) is 9.84 Å². The van der Waals surface area contributed by atoms with Gasteiger partial charge in [-0.05, 0) is 61.4 Å². The summed E-state index contributed by atoms with van der Waals surface area (Å²) >= 11 is 0. The predicted molar refractivity (Wildman–Crippen MR) is 105 cm³/mol. The molecule has 1 aliphatic carbocycles. The number of hydrogen-bond donors (Lipinski definition) is 2. The highest BCUT2D eigenvalue weighted by molar-refractivity contribution is 7.92. The van der Waals surface area contributed by atoms with Gasteiger partial charge in [0.25, 0.3) is 0 Å². The Morgan fingerprint density at radius 1 is 1.11 bits per heavy atom. The standard InChI is InChI=1S/C21H25NO5S/c1-27-18-7-9-19(10-8-18)28(25,26)21(15-20(23)22-24)13-11-17(12-14-21)16-5-3-2-4-6-16/h2-10,17,24H,11-15H2,1H3,(H,22,23). The number of carbonyl (C=O) groups is 1. The van der Waals surface area contributed by atoms with E-state index in [1.54, 1.807) is 17.6 Å². The molecular formula is C21H25NO5S. The lowest BCUT2D eigenvalue weighted by molar-refractivity contribution is -0.130. The van der Waals surface area contributed by atoms with Crippen molar-refractivity contribution in [2.45, 2.75) is 47.7 Å². The molecule has 0 atom stereocenters. The van der Waals surface area contributed by atoms with Crippen LogP contribution in [-0.2, 0) is 14.6 Å². The van der Waals surface area contributed by atoms with E-state index in [-0.39, 0.29) is 17.2 Å². The van der Waals surface area contributed by atoms with E-state index in [2.05, 4.69) is 12.1 Å². The van der Waals surface area contributed by atoms with E-state index >= 15 is 0 Å². The first kappa shape index (κ1) is 20.4. The number of rotatable bonds is 6. The zero-order chi connectivity index (χ0) is 20.2. The molecule has 150 valence electrons. The normalized spacial score (nSPS) is 22.4. The highest BCUT2D eigenvalue weighted by Crippen LogP contribution is 2.46. The van der Waals surface area contributed by atoms with Gasteiger partial charge in [-0.1, -0.05) is 30.3 Å². The van der Waals surface area contributed by atoms with E-state index in [4.69, 9.17) is 9.94 Å². The van der Waals surface area contributed by atoms with Crippen LogP contribution in [0.15, 0.2) is 59.5 Å². The first-order valence-corrected chi connectivity index (χ1v) is 10.8. The number of methoxy groups -OCH3 is 1. The minimum atomic E-state index is -3.79. The summed E-state index contributed by atoms with van der Waals surface area (Å²) in [5.74, 6) is 0.140. The van der Waals surface area contributed by atoms with Gasteiger partial charge in [0.2, 0.25) is 5.91 Å². The smallest absolute Gasteiger partial charge is 0.244 e. The van der Waals surface area contributed by atoms with Crippen molar-refractivity contribution >= 4 is 15.7 Å². The maximum atomic E-state index is 13.5. The molecule has 0 bridgehead atoms. The molecule has 0 aromatic heterocycles. The summed E-state index contributed by atoms with van der Waals surface area (Å²) < 4.78 is 30.9. The van der Waals surface area contributed by atoms with Gasteiger partial charge >= 0.3 is 0 Å². The molecular weight excluding hydrogens is 378 g/mol. The van der Waals surface area contributed by atoms with Crippen molar-refractivity contribution in [3.05, 3.63) is 60.2 Å². The maximum absolute atomic E-state index is 13.5. The summed E-state index contributed by atoms with van der Waals surface area (Å²) in [4.78, 5) is 12.1. The molecule has 0 unspecified atom stereocenters. The molecule has 0 spiro atoms. The highest BCUT2D eigenvalue weighted by atomic mass is 32.2. The average molecular weight is 404 g/mol. The summed E-state index contributed by atoms with van der Waals surface area (Å²) in [6, 6.07) is 16.2. The lowest BCUT2D eigenvalue weighted by Gasteiger charge is -2.39. The van der Waals surface area contributed by atoms with Crippen LogP contribution in [0, 0.1) is 0 Å². The Labute approximate surface area is 165 Å². The van der Waals surface area contributed by atoms with Crippen molar-refractivity contribution in [1.82, 2.24) is 5.48 Å². The minimum absolute atomic E-state index is 0.164. The van der Waals surface area contributed by atoms with Crippen LogP contribution in [0.3, 0.4) is 0 Å². The first-order valence-electron chi connectivity index (χ1n) is 9.28. The second-order valence-electron chi connectivity index (χ2n) is 7.26. The zero-order valence-electron chi connectivity index (χ0n) is 15.8. The maximum Gasteiger partial charge on any atom is 0.244 e. The molecule has 3 rings (SSSR count). The topological polar surface area (TPSA) is 92.7 Å². The fourth-order valence-corrected chi connectivity index (χ4v) is 6.17. The van der Waals surface area contributed by atoms with Crippen LogP contribution >= 0.6 is 0 Å². The Morgan fingerprint density at radius 2 is 1.71 bits per heavy atom. The number of amides is 1. The van der Waals surface area contributed by atoms with Gasteiger partial charge in [-0.2, -0.15) is 0 Å². The lowest BCUT2D eigenvalue weighted by atomic mass is 9.77. The Bertz CT molecular complexity index is 902. The fraction of sp³-hybridized carbons (Fsp3) is 0.381. The molecule has 0 aliphatic heterocycles. The third kappa shape index (κ3) is 3.91. The van der Waals surface area contributed by atoms with Crippen molar-refractivity contribution in [1.29, 1.82) is 0 Å². The number of benzene rings is 2. The quantitative estimate of drug-likeness (QED) is 0.569. The molecule has 0 radical (unpaired) electrons. The summed E-state index contributed by atoms with van der Waals surface area (Å²) in [5, 5.41) is 9.00. The van der Waals surface area contributed by atoms with Gasteiger partial charge in [0.1, 0.15) is 5.75 Å². The van der Waals surface area contributed by atoms with Gasteiger partial charge in [-0.15, -0.1) is 0 Å². The van der Waals surface area contributed by atoms with Crippen molar-refractivity contribution in [2.75, 3.05) is 7.11 Å². The van der Waals surface area contributed by atoms with Crippen LogP contribution in [0.5, 0.6) is 5.75 Å². The number of ether oxygens (including phenoxy) is 1. The van der Waals surface area contributed by atoms with Crippen LogP contribution in [0.25, 0.3) is 0 Å². The van der Waals surface area contributed by atoms with Crippen molar-refractivity contribution < 1.29 is 23.2 Å².